The summed E-state index contributed by atoms with van der Waals surface area (Å²) in [6.45, 7) is 1.58. The highest BCUT2D eigenvalue weighted by atomic mass is 19.1. The summed E-state index contributed by atoms with van der Waals surface area (Å²) in [6.07, 6.45) is 2.77. The van der Waals surface area contributed by atoms with Gasteiger partial charge in [0.25, 0.3) is 0 Å². The van der Waals surface area contributed by atoms with E-state index < -0.39 is 0 Å². The van der Waals surface area contributed by atoms with Crippen molar-refractivity contribution in [1.29, 1.82) is 0 Å². The molecule has 1 atom stereocenters. The van der Waals surface area contributed by atoms with E-state index in [-0.39, 0.29) is 23.6 Å². The van der Waals surface area contributed by atoms with Gasteiger partial charge in [-0.2, -0.15) is 0 Å². The van der Waals surface area contributed by atoms with Crippen LogP contribution >= 0.6 is 0 Å². The molecule has 1 N–H and O–H groups in total. The number of para-hydroxylation sites is 1. The van der Waals surface area contributed by atoms with Gasteiger partial charge >= 0.3 is 0 Å². The highest BCUT2D eigenvalue weighted by molar-refractivity contribution is 5.76. The summed E-state index contributed by atoms with van der Waals surface area (Å²) in [5.74, 6) is -0.129. The molecule has 4 nitrogen and oxygen atoms in total. The van der Waals surface area contributed by atoms with Crippen molar-refractivity contribution in [1.82, 2.24) is 4.90 Å². The second-order valence-corrected chi connectivity index (χ2v) is 6.67. The van der Waals surface area contributed by atoms with Gasteiger partial charge in [-0.3, -0.25) is 4.79 Å². The Morgan fingerprint density at radius 3 is 2.81 bits per heavy atom. The molecular formula is C21H24FNO3. The number of carbonyl (C=O) groups excluding carboxylic acids is 1. The number of phenols is 1. The van der Waals surface area contributed by atoms with Crippen molar-refractivity contribution in [2.75, 3.05) is 13.2 Å². The third-order valence-electron chi connectivity index (χ3n) is 4.67. The molecule has 0 aliphatic carbocycles. The lowest BCUT2D eigenvalue weighted by Crippen LogP contribution is -2.37. The molecule has 0 bridgehead atoms. The highest BCUT2D eigenvalue weighted by Crippen LogP contribution is 2.21. The molecule has 0 aromatic heterocycles. The van der Waals surface area contributed by atoms with Crippen LogP contribution in [0.3, 0.4) is 0 Å². The number of benzene rings is 2. The second kappa shape index (κ2) is 8.81. The smallest absolute Gasteiger partial charge is 0.223 e. The monoisotopic (exact) mass is 357 g/mol. The van der Waals surface area contributed by atoms with Crippen LogP contribution in [0.1, 0.15) is 30.4 Å². The Kier molecular flexibility index (Phi) is 6.23. The fourth-order valence-electron chi connectivity index (χ4n) is 3.24. The number of amides is 1. The van der Waals surface area contributed by atoms with Crippen LogP contribution in [0.15, 0.2) is 48.5 Å². The zero-order chi connectivity index (χ0) is 18.4. The summed E-state index contributed by atoms with van der Waals surface area (Å²) in [5, 5.41) is 10.0. The summed E-state index contributed by atoms with van der Waals surface area (Å²) >= 11 is 0. The van der Waals surface area contributed by atoms with E-state index in [2.05, 4.69) is 0 Å². The van der Waals surface area contributed by atoms with Gasteiger partial charge in [0, 0.05) is 31.7 Å². The van der Waals surface area contributed by atoms with Crippen LogP contribution < -0.4 is 0 Å². The molecule has 1 saturated heterocycles. The van der Waals surface area contributed by atoms with Crippen LogP contribution in [0.25, 0.3) is 0 Å². The Morgan fingerprint density at radius 1 is 1.23 bits per heavy atom. The van der Waals surface area contributed by atoms with E-state index in [0.717, 1.165) is 25.0 Å². The Labute approximate surface area is 153 Å². The molecular weight excluding hydrogens is 333 g/mol. The van der Waals surface area contributed by atoms with Gasteiger partial charge in [-0.25, -0.2) is 4.39 Å². The molecule has 1 aliphatic rings. The van der Waals surface area contributed by atoms with E-state index in [4.69, 9.17) is 4.74 Å². The number of hydrogen-bond acceptors (Lipinski definition) is 3. The quantitative estimate of drug-likeness (QED) is 0.822. The summed E-state index contributed by atoms with van der Waals surface area (Å²) in [6, 6.07) is 13.4. The van der Waals surface area contributed by atoms with Crippen molar-refractivity contribution in [3.8, 4) is 5.75 Å². The first-order valence-corrected chi connectivity index (χ1v) is 9.02. The molecule has 0 spiro atoms. The Bertz CT molecular complexity index is 744. The molecule has 5 heteroatoms. The van der Waals surface area contributed by atoms with Gasteiger partial charge in [-0.15, -0.1) is 0 Å². The third-order valence-corrected chi connectivity index (χ3v) is 4.67. The standard InChI is InChI=1S/C21H24FNO3/c22-18-7-3-5-16(13-18)10-11-21(25)23(15-19-8-4-12-26-19)14-17-6-1-2-9-20(17)24/h1-3,5-7,9,13,19,24H,4,8,10-12,14-15H2. The van der Waals surface area contributed by atoms with Crippen LogP contribution in [0.5, 0.6) is 5.75 Å². The zero-order valence-electron chi connectivity index (χ0n) is 14.7. The summed E-state index contributed by atoms with van der Waals surface area (Å²) in [4.78, 5) is 14.5. The van der Waals surface area contributed by atoms with E-state index >= 15 is 0 Å². The maximum absolute atomic E-state index is 13.3. The molecule has 3 rings (SSSR count). The zero-order valence-corrected chi connectivity index (χ0v) is 14.7. The minimum Gasteiger partial charge on any atom is -0.508 e. The molecule has 1 amide bonds. The predicted molar refractivity (Wildman–Crippen MR) is 97.2 cm³/mol. The lowest BCUT2D eigenvalue weighted by Gasteiger charge is -2.26. The molecule has 1 fully saturated rings. The minimum absolute atomic E-state index is 0.0204. The molecule has 0 saturated carbocycles. The van der Waals surface area contributed by atoms with E-state index in [0.29, 0.717) is 31.5 Å². The van der Waals surface area contributed by atoms with Crippen LogP contribution in [-0.4, -0.2) is 35.2 Å². The molecule has 1 unspecified atom stereocenters. The van der Waals surface area contributed by atoms with Crippen LogP contribution in [-0.2, 0) is 22.5 Å². The maximum Gasteiger partial charge on any atom is 0.223 e. The number of aryl methyl sites for hydroxylation is 1. The largest absolute Gasteiger partial charge is 0.508 e. The Balaban J connectivity index is 1.66. The lowest BCUT2D eigenvalue weighted by atomic mass is 10.1. The minimum atomic E-state index is -0.291. The van der Waals surface area contributed by atoms with Gasteiger partial charge in [-0.1, -0.05) is 30.3 Å². The normalized spacial score (nSPS) is 16.6. The Morgan fingerprint density at radius 2 is 2.08 bits per heavy atom. The van der Waals surface area contributed by atoms with Crippen molar-refractivity contribution in [2.24, 2.45) is 0 Å². The number of phenolic OH excluding ortho intramolecular Hbond substituents is 1. The fourth-order valence-corrected chi connectivity index (χ4v) is 3.24. The second-order valence-electron chi connectivity index (χ2n) is 6.67. The number of aromatic hydroxyl groups is 1. The van der Waals surface area contributed by atoms with Crippen molar-refractivity contribution < 1.29 is 19.0 Å². The first kappa shape index (κ1) is 18.4. The van der Waals surface area contributed by atoms with Crippen LogP contribution in [0.4, 0.5) is 4.39 Å². The SMILES string of the molecule is O=C(CCc1cccc(F)c1)N(Cc1ccccc1O)CC1CCCO1. The molecule has 26 heavy (non-hydrogen) atoms. The highest BCUT2D eigenvalue weighted by Gasteiger charge is 2.23. The number of hydrogen-bond donors (Lipinski definition) is 1. The van der Waals surface area contributed by atoms with Gasteiger partial charge in [0.05, 0.1) is 6.10 Å². The van der Waals surface area contributed by atoms with E-state index in [1.54, 1.807) is 23.1 Å². The van der Waals surface area contributed by atoms with Crippen LogP contribution in [0.2, 0.25) is 0 Å². The van der Waals surface area contributed by atoms with Crippen molar-refractivity contribution in [2.45, 2.75) is 38.3 Å². The molecule has 0 radical (unpaired) electrons. The van der Waals surface area contributed by atoms with Gasteiger partial charge < -0.3 is 14.7 Å². The number of rotatable bonds is 7. The summed E-state index contributed by atoms with van der Waals surface area (Å²) in [7, 11) is 0. The number of halogens is 1. The lowest BCUT2D eigenvalue weighted by molar-refractivity contribution is -0.133. The van der Waals surface area contributed by atoms with Gasteiger partial charge in [-0.05, 0) is 43.0 Å². The van der Waals surface area contributed by atoms with Crippen molar-refractivity contribution in [3.63, 3.8) is 0 Å². The number of nitrogens with zero attached hydrogens (tertiary/aromatic N) is 1. The first-order valence-electron chi connectivity index (χ1n) is 9.02. The maximum atomic E-state index is 13.3. The topological polar surface area (TPSA) is 49.8 Å². The van der Waals surface area contributed by atoms with E-state index in [1.165, 1.54) is 12.1 Å². The molecule has 138 valence electrons. The average molecular weight is 357 g/mol. The van der Waals surface area contributed by atoms with Crippen LogP contribution in [0, 0.1) is 5.82 Å². The number of carbonyl (C=O) groups is 1. The number of ether oxygens (including phenoxy) is 1. The summed E-state index contributed by atoms with van der Waals surface area (Å²) < 4.78 is 19.0. The summed E-state index contributed by atoms with van der Waals surface area (Å²) in [5.41, 5.74) is 1.52. The molecule has 1 aliphatic heterocycles. The molecule has 2 aromatic rings. The first-order chi connectivity index (χ1) is 12.6. The predicted octanol–water partition coefficient (Wildman–Crippen LogP) is 3.67. The fraction of sp³-hybridized carbons (Fsp3) is 0.381. The van der Waals surface area contributed by atoms with E-state index in [1.807, 2.05) is 18.2 Å². The van der Waals surface area contributed by atoms with Crippen molar-refractivity contribution >= 4 is 5.91 Å². The molecule has 2 aromatic carbocycles. The van der Waals surface area contributed by atoms with Crippen molar-refractivity contribution in [3.05, 3.63) is 65.5 Å². The van der Waals surface area contributed by atoms with Gasteiger partial charge in [0.2, 0.25) is 5.91 Å². The van der Waals surface area contributed by atoms with E-state index in [9.17, 15) is 14.3 Å². The van der Waals surface area contributed by atoms with Gasteiger partial charge in [0.1, 0.15) is 11.6 Å². The average Bonchev–Trinajstić information content (AvgIpc) is 3.14. The molecule has 1 heterocycles. The van der Waals surface area contributed by atoms with Gasteiger partial charge in [0.15, 0.2) is 0 Å². The Hall–Kier alpha value is -2.40. The third kappa shape index (κ3) is 5.05.